The Kier molecular flexibility index (Phi) is 8.51. The van der Waals surface area contributed by atoms with Crippen LogP contribution in [0.25, 0.3) is 22.2 Å². The summed E-state index contributed by atoms with van der Waals surface area (Å²) in [5.74, 6) is 1.47. The molecule has 45 heavy (non-hydrogen) atoms. The number of aryl methyl sites for hydroxylation is 1. The Balaban J connectivity index is 1.39. The molecule has 5 aromatic rings. The molecule has 1 aliphatic heterocycles. The van der Waals surface area contributed by atoms with Gasteiger partial charge in [0.05, 0.1) is 52.2 Å². The molecule has 6 rings (SSSR count). The topological polar surface area (TPSA) is 132 Å². The maximum Gasteiger partial charge on any atom is 0.229 e. The molecule has 1 aliphatic rings. The predicted molar refractivity (Wildman–Crippen MR) is 182 cm³/mol. The molecule has 2 aromatic carbocycles. The Morgan fingerprint density at radius 1 is 1.02 bits per heavy atom. The van der Waals surface area contributed by atoms with E-state index in [4.69, 9.17) is 14.5 Å². The van der Waals surface area contributed by atoms with Crippen LogP contribution in [-0.4, -0.2) is 75.5 Å². The number of anilines is 5. The van der Waals surface area contributed by atoms with Gasteiger partial charge >= 0.3 is 0 Å². The molecule has 2 unspecified atom stereocenters. The van der Waals surface area contributed by atoms with Crippen LogP contribution in [0.15, 0.2) is 59.7 Å². The second-order valence-corrected chi connectivity index (χ2v) is 15.5. The predicted octanol–water partition coefficient (Wildman–Crippen LogP) is 5.94. The van der Waals surface area contributed by atoms with Crippen LogP contribution >= 0.6 is 23.1 Å². The molecule has 0 bridgehead atoms. The Labute approximate surface area is 270 Å². The summed E-state index contributed by atoms with van der Waals surface area (Å²) in [5.41, 5.74) is 5.59. The van der Waals surface area contributed by atoms with Crippen LogP contribution in [0.4, 0.5) is 28.8 Å². The van der Waals surface area contributed by atoms with Gasteiger partial charge in [0, 0.05) is 67.8 Å². The number of ether oxygens (including phenoxy) is 2. The Morgan fingerprint density at radius 2 is 1.78 bits per heavy atom. The van der Waals surface area contributed by atoms with Gasteiger partial charge in [0.15, 0.2) is 0 Å². The number of aromatic nitrogens is 6. The van der Waals surface area contributed by atoms with Gasteiger partial charge in [-0.1, -0.05) is 0 Å². The number of halogens is 1. The molecule has 3 aromatic heterocycles. The summed E-state index contributed by atoms with van der Waals surface area (Å²) in [7, 11) is 0.783. The first kappa shape index (κ1) is 30.9. The van der Waals surface area contributed by atoms with Crippen LogP contribution in [0.1, 0.15) is 13.8 Å². The number of morpholine rings is 1. The van der Waals surface area contributed by atoms with Crippen molar-refractivity contribution < 1.29 is 14.0 Å². The molecule has 0 saturated carbocycles. The molecule has 1 fully saturated rings. The molecule has 0 amide bonds. The number of benzene rings is 2. The second-order valence-electron chi connectivity index (χ2n) is 11.5. The van der Waals surface area contributed by atoms with E-state index in [0.29, 0.717) is 49.7 Å². The standard InChI is InChI=1S/C31H35BrN9O3P/c1-18-15-41(16-19(2)44-18)26-12-27(43-4)25(11-21(26)20-13-36-40(3)17-20)38-31-35-14-22(32)30(39-31)37-24-8-7-23-28(34-10-9-33-23)29(24)45(5,6)42/h7-14,17-19H,15-16H2,1-6H3,(H2,35,37,38,39). The quantitative estimate of drug-likeness (QED) is 0.187. The van der Waals surface area contributed by atoms with E-state index in [0.717, 1.165) is 29.9 Å². The molecular weight excluding hydrogens is 657 g/mol. The first-order chi connectivity index (χ1) is 21.5. The molecule has 2 N–H and O–H groups in total. The van der Waals surface area contributed by atoms with Crippen molar-refractivity contribution in [3.05, 3.63) is 59.7 Å². The molecule has 4 heterocycles. The number of nitrogens with zero attached hydrogens (tertiary/aromatic N) is 7. The van der Waals surface area contributed by atoms with Crippen molar-refractivity contribution in [1.29, 1.82) is 0 Å². The zero-order chi connectivity index (χ0) is 31.9. The fourth-order valence-corrected chi connectivity index (χ4v) is 7.38. The molecule has 0 spiro atoms. The van der Waals surface area contributed by atoms with Crippen LogP contribution < -0.4 is 25.6 Å². The van der Waals surface area contributed by atoms with Crippen molar-refractivity contribution in [1.82, 2.24) is 29.7 Å². The zero-order valence-electron chi connectivity index (χ0n) is 25.9. The molecule has 0 aliphatic carbocycles. The van der Waals surface area contributed by atoms with Crippen molar-refractivity contribution >= 4 is 68.2 Å². The fraction of sp³-hybridized carbons (Fsp3) is 0.323. The Bertz CT molecular complexity index is 1920. The van der Waals surface area contributed by atoms with E-state index in [-0.39, 0.29) is 12.2 Å². The SMILES string of the molecule is COc1cc(N2CC(C)OC(C)C2)c(-c2cnn(C)c2)cc1Nc1ncc(Br)c(Nc2ccc3nccnc3c2P(C)(C)=O)n1. The second kappa shape index (κ2) is 12.4. The summed E-state index contributed by atoms with van der Waals surface area (Å²) in [6.07, 6.45) is 8.91. The normalized spacial score (nSPS) is 17.0. The summed E-state index contributed by atoms with van der Waals surface area (Å²) < 4.78 is 27.7. The van der Waals surface area contributed by atoms with E-state index in [2.05, 4.69) is 65.4 Å². The van der Waals surface area contributed by atoms with Crippen LogP contribution in [0.3, 0.4) is 0 Å². The Morgan fingerprint density at radius 3 is 2.47 bits per heavy atom. The lowest BCUT2D eigenvalue weighted by Crippen LogP contribution is -2.45. The maximum absolute atomic E-state index is 13.4. The van der Waals surface area contributed by atoms with E-state index in [1.807, 2.05) is 43.7 Å². The number of hydrogen-bond acceptors (Lipinski definition) is 11. The summed E-state index contributed by atoms with van der Waals surface area (Å²) in [5, 5.41) is 11.8. The van der Waals surface area contributed by atoms with Gasteiger partial charge in [-0.15, -0.1) is 0 Å². The number of methoxy groups -OCH3 is 1. The maximum atomic E-state index is 13.4. The van der Waals surface area contributed by atoms with Gasteiger partial charge in [-0.25, -0.2) is 4.98 Å². The fourth-order valence-electron chi connectivity index (χ4n) is 5.69. The van der Waals surface area contributed by atoms with E-state index in [1.54, 1.807) is 43.7 Å². The van der Waals surface area contributed by atoms with Gasteiger partial charge in [-0.2, -0.15) is 10.1 Å². The van der Waals surface area contributed by atoms with Crippen molar-refractivity contribution in [3.63, 3.8) is 0 Å². The highest BCUT2D eigenvalue weighted by molar-refractivity contribution is 9.10. The van der Waals surface area contributed by atoms with E-state index in [1.165, 1.54) is 0 Å². The van der Waals surface area contributed by atoms with Gasteiger partial charge in [-0.3, -0.25) is 14.6 Å². The van der Waals surface area contributed by atoms with Crippen LogP contribution in [-0.2, 0) is 16.3 Å². The summed E-state index contributed by atoms with van der Waals surface area (Å²) in [4.78, 5) is 20.5. The molecule has 0 radical (unpaired) electrons. The smallest absolute Gasteiger partial charge is 0.229 e. The lowest BCUT2D eigenvalue weighted by atomic mass is 10.0. The first-order valence-electron chi connectivity index (χ1n) is 14.5. The average molecular weight is 693 g/mol. The third-order valence-electron chi connectivity index (χ3n) is 7.49. The van der Waals surface area contributed by atoms with Crippen molar-refractivity contribution in [2.75, 3.05) is 49.1 Å². The lowest BCUT2D eigenvalue weighted by molar-refractivity contribution is -0.00519. The van der Waals surface area contributed by atoms with E-state index < -0.39 is 7.14 Å². The monoisotopic (exact) mass is 691 g/mol. The Hall–Kier alpha value is -4.06. The van der Waals surface area contributed by atoms with Crippen LogP contribution in [0, 0.1) is 0 Å². The van der Waals surface area contributed by atoms with Crippen LogP contribution in [0.5, 0.6) is 5.75 Å². The third kappa shape index (κ3) is 6.51. The number of hydrogen-bond donors (Lipinski definition) is 2. The first-order valence-corrected chi connectivity index (χ1v) is 17.9. The van der Waals surface area contributed by atoms with Gasteiger partial charge in [0.25, 0.3) is 0 Å². The van der Waals surface area contributed by atoms with Crippen molar-refractivity contribution in [3.8, 4) is 16.9 Å². The molecule has 12 nitrogen and oxygen atoms in total. The van der Waals surface area contributed by atoms with Gasteiger partial charge in [0.2, 0.25) is 5.95 Å². The minimum absolute atomic E-state index is 0.0888. The van der Waals surface area contributed by atoms with Gasteiger partial charge in [0.1, 0.15) is 24.2 Å². The third-order valence-corrected chi connectivity index (χ3v) is 9.60. The van der Waals surface area contributed by atoms with Crippen LogP contribution in [0.2, 0.25) is 0 Å². The number of fused-ring (bicyclic) bond motifs is 1. The number of rotatable bonds is 8. The van der Waals surface area contributed by atoms with E-state index in [9.17, 15) is 4.57 Å². The summed E-state index contributed by atoms with van der Waals surface area (Å²) in [6.45, 7) is 9.12. The lowest BCUT2D eigenvalue weighted by Gasteiger charge is -2.38. The van der Waals surface area contributed by atoms with Gasteiger partial charge < -0.3 is 29.6 Å². The summed E-state index contributed by atoms with van der Waals surface area (Å²) >= 11 is 3.57. The van der Waals surface area contributed by atoms with Crippen molar-refractivity contribution in [2.45, 2.75) is 26.1 Å². The molecule has 2 atom stereocenters. The number of nitrogens with one attached hydrogen (secondary N) is 2. The molecular formula is C31H35BrN9O3P. The minimum atomic E-state index is -2.76. The average Bonchev–Trinajstić information content (AvgIpc) is 3.43. The van der Waals surface area contributed by atoms with Crippen molar-refractivity contribution in [2.24, 2.45) is 7.05 Å². The largest absolute Gasteiger partial charge is 0.494 e. The highest BCUT2D eigenvalue weighted by atomic mass is 79.9. The highest BCUT2D eigenvalue weighted by Gasteiger charge is 2.27. The molecule has 1 saturated heterocycles. The summed E-state index contributed by atoms with van der Waals surface area (Å²) in [6, 6.07) is 7.78. The minimum Gasteiger partial charge on any atom is -0.494 e. The highest BCUT2D eigenvalue weighted by Crippen LogP contribution is 2.43. The van der Waals surface area contributed by atoms with Gasteiger partial charge in [-0.05, 0) is 61.3 Å². The molecule has 234 valence electrons. The molecule has 14 heteroatoms. The zero-order valence-corrected chi connectivity index (χ0v) is 28.4. The van der Waals surface area contributed by atoms with E-state index >= 15 is 0 Å².